The highest BCUT2D eigenvalue weighted by molar-refractivity contribution is 6.17. The Labute approximate surface area is 163 Å². The Hall–Kier alpha value is -3.28. The molecule has 2 aromatic carbocycles. The van der Waals surface area contributed by atoms with Crippen molar-refractivity contribution in [1.82, 2.24) is 0 Å². The van der Waals surface area contributed by atoms with Gasteiger partial charge in [-0.15, -0.1) is 0 Å². The second-order valence-electron chi connectivity index (χ2n) is 7.71. The maximum absolute atomic E-state index is 13.1. The lowest BCUT2D eigenvalue weighted by Crippen LogP contribution is -2.32. The molecule has 1 unspecified atom stereocenters. The fourth-order valence-corrected chi connectivity index (χ4v) is 3.22. The minimum absolute atomic E-state index is 0.0546. The number of carbonyl (C=O) groups excluding carboxylic acids is 2. The number of nitrogens with zero attached hydrogens (tertiary/aromatic N) is 1. The standard InChI is InChI=1S/C22H23NO5/c1-22(2,3)20(26)17-18(13-5-9-15(24)10-6-13)23(21(27)19(17)25)14-7-11-16(28-4)12-8-14/h5-12,18,24-25H,1-4H3. The SMILES string of the molecule is COc1ccc(N2C(=O)C(O)=C(C(=O)C(C)(C)C)C2c2ccc(O)cc2)cc1. The van der Waals surface area contributed by atoms with Crippen LogP contribution in [0.2, 0.25) is 0 Å². The summed E-state index contributed by atoms with van der Waals surface area (Å²) in [6.07, 6.45) is 0. The number of hydrogen-bond donors (Lipinski definition) is 2. The van der Waals surface area contributed by atoms with E-state index in [4.69, 9.17) is 4.74 Å². The predicted octanol–water partition coefficient (Wildman–Crippen LogP) is 3.92. The molecule has 6 heteroatoms. The molecule has 2 N–H and O–H groups in total. The summed E-state index contributed by atoms with van der Waals surface area (Å²) in [5.41, 5.74) is 0.402. The van der Waals surface area contributed by atoms with Crippen molar-refractivity contribution in [3.8, 4) is 11.5 Å². The van der Waals surface area contributed by atoms with Crippen molar-refractivity contribution in [2.24, 2.45) is 5.41 Å². The number of Topliss-reactive ketones (excluding diaryl/α,β-unsaturated/α-hetero) is 1. The number of carbonyl (C=O) groups is 2. The number of hydrogen-bond acceptors (Lipinski definition) is 5. The Morgan fingerprint density at radius 3 is 2.07 bits per heavy atom. The number of ether oxygens (including phenoxy) is 1. The van der Waals surface area contributed by atoms with Crippen LogP contribution < -0.4 is 9.64 Å². The third-order valence-corrected chi connectivity index (χ3v) is 4.69. The lowest BCUT2D eigenvalue weighted by molar-refractivity contribution is -0.123. The molecule has 0 bridgehead atoms. The molecule has 0 saturated carbocycles. The molecule has 0 radical (unpaired) electrons. The van der Waals surface area contributed by atoms with E-state index >= 15 is 0 Å². The first kappa shape index (κ1) is 19.5. The van der Waals surface area contributed by atoms with Gasteiger partial charge in [0.05, 0.1) is 18.7 Å². The smallest absolute Gasteiger partial charge is 0.294 e. The third-order valence-electron chi connectivity index (χ3n) is 4.69. The maximum atomic E-state index is 13.1. The highest BCUT2D eigenvalue weighted by atomic mass is 16.5. The van der Waals surface area contributed by atoms with E-state index in [1.807, 2.05) is 0 Å². The van der Waals surface area contributed by atoms with Crippen LogP contribution >= 0.6 is 0 Å². The van der Waals surface area contributed by atoms with Crippen LogP contribution in [0.1, 0.15) is 32.4 Å². The zero-order valence-electron chi connectivity index (χ0n) is 16.3. The largest absolute Gasteiger partial charge is 0.508 e. The number of rotatable bonds is 4. The molecule has 146 valence electrons. The van der Waals surface area contributed by atoms with E-state index in [1.54, 1.807) is 64.3 Å². The van der Waals surface area contributed by atoms with E-state index in [0.29, 0.717) is 17.0 Å². The van der Waals surface area contributed by atoms with Crippen molar-refractivity contribution < 1.29 is 24.5 Å². The summed E-state index contributed by atoms with van der Waals surface area (Å²) in [6, 6.07) is 12.3. The van der Waals surface area contributed by atoms with Crippen LogP contribution in [0.15, 0.2) is 59.9 Å². The molecular weight excluding hydrogens is 358 g/mol. The Balaban J connectivity index is 2.17. The Kier molecular flexibility index (Phi) is 4.89. The van der Waals surface area contributed by atoms with E-state index in [9.17, 15) is 19.8 Å². The second kappa shape index (κ2) is 7.03. The Morgan fingerprint density at radius 2 is 1.57 bits per heavy atom. The fourth-order valence-electron chi connectivity index (χ4n) is 3.22. The van der Waals surface area contributed by atoms with Gasteiger partial charge in [-0.3, -0.25) is 14.5 Å². The molecule has 0 spiro atoms. The molecule has 28 heavy (non-hydrogen) atoms. The minimum atomic E-state index is -0.798. The van der Waals surface area contributed by atoms with Gasteiger partial charge in [0.25, 0.3) is 5.91 Å². The van der Waals surface area contributed by atoms with Gasteiger partial charge in [-0.05, 0) is 42.0 Å². The number of amides is 1. The maximum Gasteiger partial charge on any atom is 0.294 e. The molecule has 0 saturated heterocycles. The molecule has 1 aliphatic heterocycles. The Morgan fingerprint density at radius 1 is 1.00 bits per heavy atom. The summed E-state index contributed by atoms with van der Waals surface area (Å²) in [7, 11) is 1.54. The molecule has 1 amide bonds. The van der Waals surface area contributed by atoms with Gasteiger partial charge in [-0.25, -0.2) is 0 Å². The molecule has 0 aliphatic carbocycles. The lowest BCUT2D eigenvalue weighted by Gasteiger charge is -2.29. The van der Waals surface area contributed by atoms with Gasteiger partial charge in [-0.2, -0.15) is 0 Å². The number of aromatic hydroxyl groups is 1. The van der Waals surface area contributed by atoms with Gasteiger partial charge in [0.15, 0.2) is 11.5 Å². The van der Waals surface area contributed by atoms with Crippen LogP contribution in [0.3, 0.4) is 0 Å². The quantitative estimate of drug-likeness (QED) is 0.838. The van der Waals surface area contributed by atoms with E-state index in [1.165, 1.54) is 17.0 Å². The van der Waals surface area contributed by atoms with Gasteiger partial charge in [-0.1, -0.05) is 32.9 Å². The topological polar surface area (TPSA) is 87.1 Å². The normalized spacial score (nSPS) is 17.2. The average Bonchev–Trinajstić information content (AvgIpc) is 2.92. The molecule has 1 aliphatic rings. The van der Waals surface area contributed by atoms with Crippen LogP contribution in [0.5, 0.6) is 11.5 Å². The minimum Gasteiger partial charge on any atom is -0.508 e. The van der Waals surface area contributed by atoms with Crippen molar-refractivity contribution in [2.75, 3.05) is 12.0 Å². The number of methoxy groups -OCH3 is 1. The number of aliphatic hydroxyl groups excluding tert-OH is 1. The summed E-state index contributed by atoms with van der Waals surface area (Å²) in [5.74, 6) is -0.808. The van der Waals surface area contributed by atoms with E-state index in [-0.39, 0.29) is 17.1 Å². The summed E-state index contributed by atoms with van der Waals surface area (Å²) in [4.78, 5) is 27.4. The van der Waals surface area contributed by atoms with Crippen LogP contribution in [0, 0.1) is 5.41 Å². The zero-order valence-corrected chi connectivity index (χ0v) is 16.3. The molecule has 3 rings (SSSR count). The van der Waals surface area contributed by atoms with E-state index < -0.39 is 23.1 Å². The van der Waals surface area contributed by atoms with Gasteiger partial charge in [0.1, 0.15) is 11.5 Å². The summed E-state index contributed by atoms with van der Waals surface area (Å²) in [6.45, 7) is 5.22. The summed E-state index contributed by atoms with van der Waals surface area (Å²) in [5, 5.41) is 20.2. The van der Waals surface area contributed by atoms with Crippen molar-refractivity contribution in [3.05, 3.63) is 65.4 Å². The number of benzene rings is 2. The number of phenols is 1. The van der Waals surface area contributed by atoms with Gasteiger partial charge in [0.2, 0.25) is 0 Å². The monoisotopic (exact) mass is 381 g/mol. The number of aliphatic hydroxyl groups is 1. The fraction of sp³-hybridized carbons (Fsp3) is 0.273. The second-order valence-corrected chi connectivity index (χ2v) is 7.71. The van der Waals surface area contributed by atoms with Crippen molar-refractivity contribution in [1.29, 1.82) is 0 Å². The average molecular weight is 381 g/mol. The van der Waals surface area contributed by atoms with Crippen molar-refractivity contribution in [3.63, 3.8) is 0 Å². The predicted molar refractivity (Wildman–Crippen MR) is 105 cm³/mol. The number of anilines is 1. The number of ketones is 1. The number of phenolic OH excluding ortho intramolecular Hbond substituents is 1. The molecule has 0 fully saturated rings. The third kappa shape index (κ3) is 3.33. The molecule has 1 atom stereocenters. The van der Waals surface area contributed by atoms with Crippen LogP contribution in [0.25, 0.3) is 0 Å². The van der Waals surface area contributed by atoms with Crippen molar-refractivity contribution >= 4 is 17.4 Å². The molecule has 2 aromatic rings. The zero-order chi connectivity index (χ0) is 20.6. The van der Waals surface area contributed by atoms with Gasteiger partial charge < -0.3 is 14.9 Å². The van der Waals surface area contributed by atoms with E-state index in [2.05, 4.69) is 0 Å². The Bertz CT molecular complexity index is 936. The first-order valence-electron chi connectivity index (χ1n) is 8.89. The van der Waals surface area contributed by atoms with Crippen LogP contribution in [-0.2, 0) is 9.59 Å². The summed E-state index contributed by atoms with van der Waals surface area (Å²) >= 11 is 0. The highest BCUT2D eigenvalue weighted by Gasteiger charge is 2.46. The van der Waals surface area contributed by atoms with Gasteiger partial charge >= 0.3 is 0 Å². The molecular formula is C22H23NO5. The first-order valence-corrected chi connectivity index (χ1v) is 8.89. The van der Waals surface area contributed by atoms with Crippen LogP contribution in [0.4, 0.5) is 5.69 Å². The van der Waals surface area contributed by atoms with Gasteiger partial charge in [0, 0.05) is 11.1 Å². The van der Waals surface area contributed by atoms with Crippen molar-refractivity contribution in [2.45, 2.75) is 26.8 Å². The van der Waals surface area contributed by atoms with E-state index in [0.717, 1.165) is 0 Å². The highest BCUT2D eigenvalue weighted by Crippen LogP contribution is 2.43. The summed E-state index contributed by atoms with van der Waals surface area (Å²) < 4.78 is 5.16. The molecule has 6 nitrogen and oxygen atoms in total. The van der Waals surface area contributed by atoms with Crippen LogP contribution in [-0.4, -0.2) is 29.0 Å². The molecule has 1 heterocycles. The lowest BCUT2D eigenvalue weighted by atomic mass is 9.82. The molecule has 0 aromatic heterocycles. The first-order chi connectivity index (χ1) is 13.1.